The molecule has 0 unspecified atom stereocenters. The number of rotatable bonds is 0. The molecule has 2 aliphatic carbocycles. The summed E-state index contributed by atoms with van der Waals surface area (Å²) >= 11 is 13.3. The maximum Gasteiger partial charge on any atom is 0.202 e. The Morgan fingerprint density at radius 2 is 1.33 bits per heavy atom. The molecule has 0 fully saturated rings. The first-order valence-corrected chi connectivity index (χ1v) is 9.97. The van der Waals surface area contributed by atoms with E-state index in [0.29, 0.717) is 23.5 Å². The number of carbonyl (C=O) groups excluding carboxylic acids is 1. The van der Waals surface area contributed by atoms with Crippen LogP contribution in [0.25, 0.3) is 0 Å². The van der Waals surface area contributed by atoms with E-state index in [1.807, 2.05) is 0 Å². The topological polar surface area (TPSA) is 77.8 Å². The van der Waals surface area contributed by atoms with Gasteiger partial charge in [0.15, 0.2) is 11.2 Å². The highest BCUT2D eigenvalue weighted by Gasteiger charge is 2.71. The fraction of sp³-hybridized carbons (Fsp3) is 0.188. The number of hydrogen-bond donors (Lipinski definition) is 3. The lowest BCUT2D eigenvalue weighted by atomic mass is 9.82. The summed E-state index contributed by atoms with van der Waals surface area (Å²) in [7, 11) is 0. The van der Waals surface area contributed by atoms with Crippen LogP contribution in [0.1, 0.15) is 33.2 Å². The van der Waals surface area contributed by atoms with E-state index >= 15 is 0 Å². The van der Waals surface area contributed by atoms with Gasteiger partial charge in [-0.25, -0.2) is 0 Å². The van der Waals surface area contributed by atoms with Crippen LogP contribution in [0.4, 0.5) is 0 Å². The zero-order valence-electron chi connectivity index (χ0n) is 11.6. The summed E-state index contributed by atoms with van der Waals surface area (Å²) in [5, 5.41) is 33.4. The van der Waals surface area contributed by atoms with Gasteiger partial charge >= 0.3 is 0 Å². The molecular formula is C16H8Br4O4. The summed E-state index contributed by atoms with van der Waals surface area (Å²) in [6.45, 7) is 0. The smallest absolute Gasteiger partial charge is 0.202 e. The van der Waals surface area contributed by atoms with Gasteiger partial charge in [0.1, 0.15) is 6.10 Å². The summed E-state index contributed by atoms with van der Waals surface area (Å²) in [4.78, 5) is 13.0. The van der Waals surface area contributed by atoms with E-state index in [9.17, 15) is 20.1 Å². The Labute approximate surface area is 170 Å². The van der Waals surface area contributed by atoms with Gasteiger partial charge in [-0.3, -0.25) is 4.79 Å². The molecule has 0 radical (unpaired) electrons. The van der Waals surface area contributed by atoms with Gasteiger partial charge in [0.2, 0.25) is 5.78 Å². The summed E-state index contributed by atoms with van der Waals surface area (Å²) in [5.41, 5.74) is -3.51. The molecule has 0 aliphatic heterocycles. The highest BCUT2D eigenvalue weighted by molar-refractivity contribution is 9.13. The fourth-order valence-corrected chi connectivity index (χ4v) is 5.00. The Morgan fingerprint density at radius 3 is 1.96 bits per heavy atom. The van der Waals surface area contributed by atoms with E-state index < -0.39 is 23.1 Å². The van der Waals surface area contributed by atoms with E-state index in [1.54, 1.807) is 18.2 Å². The van der Waals surface area contributed by atoms with E-state index in [-0.39, 0.29) is 16.7 Å². The summed E-state index contributed by atoms with van der Waals surface area (Å²) < 4.78 is 2.49. The minimum Gasteiger partial charge on any atom is -0.385 e. The average Bonchev–Trinajstić information content (AvgIpc) is 2.80. The van der Waals surface area contributed by atoms with Crippen molar-refractivity contribution in [3.8, 4) is 0 Å². The van der Waals surface area contributed by atoms with Gasteiger partial charge in [-0.2, -0.15) is 0 Å². The molecule has 0 heterocycles. The summed E-state index contributed by atoms with van der Waals surface area (Å²) in [6, 6.07) is 6.23. The number of benzene rings is 2. The standard InChI is InChI=1S/C16H8Br4O4/c17-9-1-5-7(3-11(9)19)15(23)14(22)6-2-10(18)12(20)4-8(6)16(15,24)13(5)21/h1-4,13,21,23-24H/t13-,15-,16-/m1/s1. The highest BCUT2D eigenvalue weighted by atomic mass is 79.9. The van der Waals surface area contributed by atoms with Gasteiger partial charge in [0, 0.05) is 34.6 Å². The SMILES string of the molecule is O=C1c2cc(Br)c(Br)cc2[C@@]2(O)[C@H](O)c3cc(Br)c(Br)cc3[C@@]12O. The molecule has 0 saturated heterocycles. The van der Waals surface area contributed by atoms with E-state index in [2.05, 4.69) is 63.7 Å². The highest BCUT2D eigenvalue weighted by Crippen LogP contribution is 2.63. The minimum atomic E-state index is -2.24. The molecule has 124 valence electrons. The lowest BCUT2D eigenvalue weighted by molar-refractivity contribution is -0.171. The fourth-order valence-electron chi connectivity index (χ4n) is 3.61. The number of halogens is 4. The maximum absolute atomic E-state index is 13.0. The third kappa shape index (κ3) is 1.80. The predicted octanol–water partition coefficient (Wildman–Crippen LogP) is 4.06. The molecule has 0 saturated carbocycles. The molecule has 2 aromatic rings. The Balaban J connectivity index is 2.10. The van der Waals surface area contributed by atoms with E-state index in [0.717, 1.165) is 0 Å². The number of aliphatic hydroxyl groups is 3. The normalized spacial score (nSPS) is 30.3. The van der Waals surface area contributed by atoms with E-state index in [4.69, 9.17) is 0 Å². The second kappa shape index (κ2) is 5.22. The first kappa shape index (κ1) is 17.3. The van der Waals surface area contributed by atoms with Crippen molar-refractivity contribution >= 4 is 69.5 Å². The molecule has 8 heteroatoms. The van der Waals surface area contributed by atoms with Gasteiger partial charge in [-0.15, -0.1) is 0 Å². The quantitative estimate of drug-likeness (QED) is 0.437. The van der Waals surface area contributed by atoms with E-state index in [1.165, 1.54) is 6.07 Å². The number of fused-ring (bicyclic) bond motifs is 5. The average molecular weight is 584 g/mol. The third-order valence-corrected chi connectivity index (χ3v) is 8.46. The van der Waals surface area contributed by atoms with Crippen LogP contribution in [0.3, 0.4) is 0 Å². The molecule has 0 amide bonds. The van der Waals surface area contributed by atoms with Crippen LogP contribution in [-0.2, 0) is 11.2 Å². The van der Waals surface area contributed by atoms with Crippen molar-refractivity contribution in [1.29, 1.82) is 0 Å². The van der Waals surface area contributed by atoms with Crippen LogP contribution in [-0.4, -0.2) is 21.1 Å². The van der Waals surface area contributed by atoms with Crippen molar-refractivity contribution in [1.82, 2.24) is 0 Å². The van der Waals surface area contributed by atoms with Gasteiger partial charge in [0.25, 0.3) is 0 Å². The van der Waals surface area contributed by atoms with Crippen molar-refractivity contribution in [3.05, 3.63) is 64.4 Å². The van der Waals surface area contributed by atoms with Gasteiger partial charge < -0.3 is 15.3 Å². The van der Waals surface area contributed by atoms with Crippen molar-refractivity contribution in [2.45, 2.75) is 17.3 Å². The van der Waals surface area contributed by atoms with Crippen molar-refractivity contribution in [3.63, 3.8) is 0 Å². The zero-order valence-corrected chi connectivity index (χ0v) is 18.0. The van der Waals surface area contributed by atoms with Crippen LogP contribution in [0.2, 0.25) is 0 Å². The van der Waals surface area contributed by atoms with Crippen LogP contribution < -0.4 is 0 Å². The number of carbonyl (C=O) groups is 1. The molecule has 2 aromatic carbocycles. The Hall–Kier alpha value is -0.0900. The lowest BCUT2D eigenvalue weighted by Gasteiger charge is -2.33. The van der Waals surface area contributed by atoms with Crippen LogP contribution >= 0.6 is 63.7 Å². The van der Waals surface area contributed by atoms with Crippen molar-refractivity contribution in [2.75, 3.05) is 0 Å². The van der Waals surface area contributed by atoms with Crippen LogP contribution in [0, 0.1) is 0 Å². The van der Waals surface area contributed by atoms with Crippen molar-refractivity contribution in [2.24, 2.45) is 0 Å². The number of ketones is 1. The second-order valence-corrected chi connectivity index (χ2v) is 9.29. The minimum absolute atomic E-state index is 0.179. The first-order chi connectivity index (χ1) is 11.1. The molecule has 0 spiro atoms. The van der Waals surface area contributed by atoms with Gasteiger partial charge in [-0.05, 0) is 93.5 Å². The second-order valence-electron chi connectivity index (χ2n) is 5.87. The summed E-state index contributed by atoms with van der Waals surface area (Å²) in [6.07, 6.45) is -1.44. The molecular weight excluding hydrogens is 576 g/mol. The zero-order chi connectivity index (χ0) is 17.6. The van der Waals surface area contributed by atoms with Gasteiger partial charge in [0.05, 0.1) is 0 Å². The number of aliphatic hydroxyl groups excluding tert-OH is 1. The maximum atomic E-state index is 13.0. The largest absolute Gasteiger partial charge is 0.385 e. The van der Waals surface area contributed by atoms with Crippen LogP contribution in [0.15, 0.2) is 42.2 Å². The molecule has 3 atom stereocenters. The molecule has 2 aliphatic rings. The molecule has 24 heavy (non-hydrogen) atoms. The molecule has 4 nitrogen and oxygen atoms in total. The third-order valence-electron chi connectivity index (χ3n) is 4.77. The molecule has 3 N–H and O–H groups in total. The molecule has 4 rings (SSSR count). The van der Waals surface area contributed by atoms with Crippen molar-refractivity contribution < 1.29 is 20.1 Å². The number of hydrogen-bond acceptors (Lipinski definition) is 4. The predicted molar refractivity (Wildman–Crippen MR) is 101 cm³/mol. The molecule has 0 aromatic heterocycles. The van der Waals surface area contributed by atoms with Crippen LogP contribution in [0.5, 0.6) is 0 Å². The first-order valence-electron chi connectivity index (χ1n) is 6.80. The number of Topliss-reactive ketones (excluding diaryl/α,β-unsaturated/α-hetero) is 1. The molecule has 0 bridgehead atoms. The Kier molecular flexibility index (Phi) is 3.77. The Bertz CT molecular complexity index is 944. The Morgan fingerprint density at radius 1 is 0.833 bits per heavy atom. The summed E-state index contributed by atoms with van der Waals surface area (Å²) in [5.74, 6) is -0.639. The monoisotopic (exact) mass is 580 g/mol. The van der Waals surface area contributed by atoms with Gasteiger partial charge in [-0.1, -0.05) is 0 Å². The lowest BCUT2D eigenvalue weighted by Crippen LogP contribution is -2.48.